The second-order valence-electron chi connectivity index (χ2n) is 12.1. The second-order valence-corrected chi connectivity index (χ2v) is 12.1. The van der Waals surface area contributed by atoms with Crippen LogP contribution in [0.5, 0.6) is 17.2 Å². The van der Waals surface area contributed by atoms with Gasteiger partial charge in [0, 0.05) is 61.9 Å². The number of rotatable bonds is 4. The molecule has 2 atom stereocenters. The van der Waals surface area contributed by atoms with Crippen LogP contribution in [0.2, 0.25) is 0 Å². The molecule has 11 nitrogen and oxygen atoms in total. The molecule has 250 valence electrons. The van der Waals surface area contributed by atoms with Crippen molar-refractivity contribution in [2.24, 2.45) is 0 Å². The van der Waals surface area contributed by atoms with Gasteiger partial charge in [-0.1, -0.05) is 12.1 Å². The van der Waals surface area contributed by atoms with Crippen LogP contribution in [0.4, 0.5) is 4.39 Å². The normalized spacial score (nSPS) is 18.1. The number of hydrogen-bond acceptors (Lipinski definition) is 7. The highest BCUT2D eigenvalue weighted by Crippen LogP contribution is 2.33. The fourth-order valence-electron chi connectivity index (χ4n) is 6.14. The van der Waals surface area contributed by atoms with Gasteiger partial charge in [-0.15, -0.1) is 0 Å². The summed E-state index contributed by atoms with van der Waals surface area (Å²) in [5, 5.41) is 10.3. The van der Waals surface area contributed by atoms with Crippen LogP contribution < -0.4 is 24.8 Å². The van der Waals surface area contributed by atoms with Crippen molar-refractivity contribution in [1.82, 2.24) is 25.3 Å². The summed E-state index contributed by atoms with van der Waals surface area (Å²) in [6, 6.07) is 17.8. The number of methoxy groups -OCH3 is 1. The molecule has 3 aromatic carbocycles. The first-order valence-electron chi connectivity index (χ1n) is 15.9. The molecule has 1 saturated heterocycles. The van der Waals surface area contributed by atoms with E-state index in [1.54, 1.807) is 54.5 Å². The third-order valence-corrected chi connectivity index (χ3v) is 8.54. The van der Waals surface area contributed by atoms with Crippen molar-refractivity contribution in [3.05, 3.63) is 95.1 Å². The van der Waals surface area contributed by atoms with Crippen molar-refractivity contribution >= 4 is 17.7 Å². The van der Waals surface area contributed by atoms with Gasteiger partial charge in [0.25, 0.3) is 11.8 Å². The smallest absolute Gasteiger partial charge is 0.258 e. The van der Waals surface area contributed by atoms with Crippen LogP contribution in [0, 0.1) is 19.7 Å². The highest BCUT2D eigenvalue weighted by atomic mass is 19.1. The molecule has 3 heterocycles. The lowest BCUT2D eigenvalue weighted by atomic mass is 9.99. The van der Waals surface area contributed by atoms with Gasteiger partial charge in [-0.2, -0.15) is 5.10 Å². The summed E-state index contributed by atoms with van der Waals surface area (Å²) in [4.78, 5) is 41.6. The molecule has 0 spiro atoms. The van der Waals surface area contributed by atoms with E-state index in [-0.39, 0.29) is 49.6 Å². The first-order valence-corrected chi connectivity index (χ1v) is 15.9. The Balaban J connectivity index is 1.31. The average Bonchev–Trinajstić information content (AvgIpc) is 3.41. The van der Waals surface area contributed by atoms with Gasteiger partial charge in [0.2, 0.25) is 5.91 Å². The number of halogens is 1. The number of carbonyl (C=O) groups is 3. The Kier molecular flexibility index (Phi) is 9.60. The number of nitrogens with zero attached hydrogens (tertiary/aromatic N) is 3. The van der Waals surface area contributed by atoms with Crippen molar-refractivity contribution in [2.75, 3.05) is 26.8 Å². The number of amides is 3. The molecule has 3 amide bonds. The molecule has 0 radical (unpaired) electrons. The molecule has 1 fully saturated rings. The number of nitrogens with one attached hydrogen (secondary N) is 2. The second kappa shape index (κ2) is 14.2. The molecule has 0 saturated carbocycles. The first-order chi connectivity index (χ1) is 23.1. The van der Waals surface area contributed by atoms with Crippen LogP contribution in [-0.2, 0) is 22.7 Å². The molecule has 0 unspecified atom stereocenters. The van der Waals surface area contributed by atoms with Gasteiger partial charge in [0.05, 0.1) is 18.8 Å². The van der Waals surface area contributed by atoms with E-state index in [0.29, 0.717) is 47.7 Å². The third kappa shape index (κ3) is 7.59. The predicted molar refractivity (Wildman–Crippen MR) is 175 cm³/mol. The number of likely N-dealkylation sites (tertiary alicyclic amines) is 1. The third-order valence-electron chi connectivity index (χ3n) is 8.54. The fraction of sp³-hybridized carbons (Fsp3) is 0.333. The van der Waals surface area contributed by atoms with Gasteiger partial charge in [0.15, 0.2) is 6.61 Å². The molecule has 6 bridgehead atoms. The highest BCUT2D eigenvalue weighted by Gasteiger charge is 2.34. The summed E-state index contributed by atoms with van der Waals surface area (Å²) >= 11 is 0. The molecule has 2 aliphatic heterocycles. The predicted octanol–water partition coefficient (Wildman–Crippen LogP) is 4.19. The molecular weight excluding hydrogens is 617 g/mol. The van der Waals surface area contributed by atoms with E-state index in [1.807, 2.05) is 30.7 Å². The number of fused-ring (bicyclic) bond motifs is 8. The number of piperidine rings is 1. The van der Waals surface area contributed by atoms with Gasteiger partial charge < -0.3 is 29.7 Å². The number of aromatic nitrogens is 2. The molecule has 48 heavy (non-hydrogen) atoms. The summed E-state index contributed by atoms with van der Waals surface area (Å²) < 4.78 is 34.2. The number of carbonyl (C=O) groups excluding carboxylic acids is 3. The SMILES string of the molecule is COc1ccc2cc1-c1cccc(c1)OCC(=O)NCc1cc(F)cc(c1)O[C@@H]1CCN(C(=O)CCn3nc(C)cc3C)C[C@H]1NC2=O. The fourth-order valence-corrected chi connectivity index (χ4v) is 6.14. The van der Waals surface area contributed by atoms with Gasteiger partial charge >= 0.3 is 0 Å². The minimum absolute atomic E-state index is 0.0573. The van der Waals surface area contributed by atoms with Crippen LogP contribution in [0.15, 0.2) is 66.7 Å². The van der Waals surface area contributed by atoms with Gasteiger partial charge in [-0.25, -0.2) is 4.39 Å². The van der Waals surface area contributed by atoms with Crippen LogP contribution in [-0.4, -0.2) is 71.4 Å². The summed E-state index contributed by atoms with van der Waals surface area (Å²) in [6.45, 7) is 4.71. The van der Waals surface area contributed by atoms with Gasteiger partial charge in [-0.3, -0.25) is 19.1 Å². The van der Waals surface area contributed by atoms with Crippen molar-refractivity contribution in [3.8, 4) is 28.4 Å². The lowest BCUT2D eigenvalue weighted by Gasteiger charge is -2.39. The Morgan fingerprint density at radius 1 is 1.04 bits per heavy atom. The van der Waals surface area contributed by atoms with Crippen LogP contribution in [0.25, 0.3) is 11.1 Å². The number of benzene rings is 3. The summed E-state index contributed by atoms with van der Waals surface area (Å²) in [5.74, 6) is -0.0886. The molecule has 12 heteroatoms. The molecule has 2 aliphatic rings. The standard InChI is InChI=1S/C36H38FN5O6/c1-22-13-23(2)42(40-22)12-10-35(44)41-11-9-33-31(20-41)39-36(45)26-7-8-32(46-3)30(17-26)25-5-4-6-28(16-25)47-21-34(43)38-19-24-14-27(37)18-29(15-24)48-33/h4-8,13-18,31,33H,9-12,19-21H2,1-3H3,(H,38,43)(H,39,45)/t31-,33-/m1/s1. The maximum absolute atomic E-state index is 14.7. The molecular formula is C36H38FN5O6. The molecule has 6 rings (SSSR count). The summed E-state index contributed by atoms with van der Waals surface area (Å²) in [5.41, 5.74) is 4.11. The Morgan fingerprint density at radius 3 is 2.69 bits per heavy atom. The summed E-state index contributed by atoms with van der Waals surface area (Å²) in [6.07, 6.45) is 0.0812. The Bertz CT molecular complexity index is 1840. The average molecular weight is 656 g/mol. The van der Waals surface area contributed by atoms with E-state index in [4.69, 9.17) is 14.2 Å². The largest absolute Gasteiger partial charge is 0.496 e. The van der Waals surface area contributed by atoms with E-state index >= 15 is 0 Å². The van der Waals surface area contributed by atoms with Gasteiger partial charge in [0.1, 0.15) is 29.2 Å². The van der Waals surface area contributed by atoms with E-state index in [1.165, 1.54) is 12.1 Å². The zero-order chi connectivity index (χ0) is 33.8. The minimum atomic E-state index is -0.611. The number of ether oxygens (including phenoxy) is 3. The van der Waals surface area contributed by atoms with Crippen LogP contribution in [0.1, 0.15) is 40.2 Å². The zero-order valence-corrected chi connectivity index (χ0v) is 27.1. The Hall–Kier alpha value is -5.39. The monoisotopic (exact) mass is 655 g/mol. The maximum atomic E-state index is 14.7. The van der Waals surface area contributed by atoms with E-state index in [9.17, 15) is 18.8 Å². The lowest BCUT2D eigenvalue weighted by molar-refractivity contribution is -0.134. The molecule has 2 N–H and O–H groups in total. The van der Waals surface area contributed by atoms with Gasteiger partial charge in [-0.05, 0) is 73.5 Å². The number of aryl methyl sites for hydroxylation is 3. The molecule has 4 aromatic rings. The lowest BCUT2D eigenvalue weighted by Crippen LogP contribution is -2.58. The molecule has 0 aliphatic carbocycles. The topological polar surface area (TPSA) is 124 Å². The Labute approximate surface area is 278 Å². The van der Waals surface area contributed by atoms with Crippen molar-refractivity contribution in [1.29, 1.82) is 0 Å². The molecule has 1 aromatic heterocycles. The van der Waals surface area contributed by atoms with Crippen LogP contribution in [0.3, 0.4) is 0 Å². The first kappa shape index (κ1) is 32.5. The van der Waals surface area contributed by atoms with Crippen molar-refractivity contribution in [2.45, 2.75) is 51.9 Å². The van der Waals surface area contributed by atoms with E-state index < -0.39 is 18.0 Å². The highest BCUT2D eigenvalue weighted by molar-refractivity contribution is 5.96. The zero-order valence-electron chi connectivity index (χ0n) is 27.1. The van der Waals surface area contributed by atoms with E-state index in [2.05, 4.69) is 15.7 Å². The van der Waals surface area contributed by atoms with E-state index in [0.717, 1.165) is 17.0 Å². The van der Waals surface area contributed by atoms with Crippen molar-refractivity contribution < 1.29 is 33.0 Å². The quantitative estimate of drug-likeness (QED) is 0.338. The Morgan fingerprint density at radius 2 is 1.90 bits per heavy atom. The minimum Gasteiger partial charge on any atom is -0.496 e. The van der Waals surface area contributed by atoms with Crippen molar-refractivity contribution in [3.63, 3.8) is 0 Å². The van der Waals surface area contributed by atoms with Crippen LogP contribution >= 0.6 is 0 Å². The number of hydrogen-bond donors (Lipinski definition) is 2. The maximum Gasteiger partial charge on any atom is 0.258 e. The summed E-state index contributed by atoms with van der Waals surface area (Å²) in [7, 11) is 1.55.